The van der Waals surface area contributed by atoms with Crippen LogP contribution in [0.3, 0.4) is 0 Å². The van der Waals surface area contributed by atoms with Gasteiger partial charge in [0.1, 0.15) is 0 Å². The van der Waals surface area contributed by atoms with Crippen molar-refractivity contribution in [3.05, 3.63) is 22.8 Å². The lowest BCUT2D eigenvalue weighted by molar-refractivity contribution is 0.111. The topological polar surface area (TPSA) is 43.4 Å². The van der Waals surface area contributed by atoms with E-state index in [0.717, 1.165) is 11.8 Å². The van der Waals surface area contributed by atoms with Crippen molar-refractivity contribution in [2.75, 3.05) is 7.11 Å². The minimum Gasteiger partial charge on any atom is -0.487 e. The molecule has 0 aliphatic heterocycles. The molecule has 3 nitrogen and oxygen atoms in total. The van der Waals surface area contributed by atoms with Gasteiger partial charge < -0.3 is 4.74 Å². The van der Waals surface area contributed by atoms with Gasteiger partial charge in [0.05, 0.1) is 11.9 Å². The van der Waals surface area contributed by atoms with Gasteiger partial charge in [-0.2, -0.15) is 0 Å². The van der Waals surface area contributed by atoms with Gasteiger partial charge in [0.2, 0.25) is 14.9 Å². The lowest BCUT2D eigenvalue weighted by Crippen LogP contribution is -2.35. The van der Waals surface area contributed by atoms with E-state index in [1.54, 1.807) is 26.8 Å². The van der Waals surface area contributed by atoms with Crippen LogP contribution in [0.25, 0.3) is 0 Å². The largest absolute Gasteiger partial charge is 0.487 e. The average Bonchev–Trinajstić information content (AvgIpc) is 2.84. The molecule has 25 heavy (non-hydrogen) atoms. The van der Waals surface area contributed by atoms with Gasteiger partial charge in [0.15, 0.2) is 0 Å². The maximum absolute atomic E-state index is 12.6. The Bertz CT molecular complexity index is 651. The number of sulfone groups is 1. The van der Waals surface area contributed by atoms with Crippen molar-refractivity contribution in [2.45, 2.75) is 78.4 Å². The first-order valence-corrected chi connectivity index (χ1v) is 11.1. The molecule has 4 atom stereocenters. The maximum atomic E-state index is 12.6. The summed E-state index contributed by atoms with van der Waals surface area (Å²) in [4.78, 5) is 0. The van der Waals surface area contributed by atoms with Gasteiger partial charge in [-0.15, -0.1) is 0 Å². The maximum Gasteiger partial charge on any atom is 0.215 e. The second-order valence-electron chi connectivity index (χ2n) is 9.27. The summed E-state index contributed by atoms with van der Waals surface area (Å²) in [7, 11) is -1.98. The molecule has 2 rings (SSSR count). The third-order valence-corrected chi connectivity index (χ3v) is 9.03. The SMILES string of the molecule is CO/C(=C/C[C@@H](C)C1=CC[C@H]2[C@@H](C)CCC[C@]12C)S(=O)(=O)C(C)(C)C. The normalized spacial score (nSPS) is 32.1. The lowest BCUT2D eigenvalue weighted by atomic mass is 9.60. The fourth-order valence-electron chi connectivity index (χ4n) is 4.91. The molecule has 0 amide bonds. The van der Waals surface area contributed by atoms with Crippen molar-refractivity contribution in [3.63, 3.8) is 0 Å². The van der Waals surface area contributed by atoms with E-state index in [2.05, 4.69) is 26.8 Å². The monoisotopic (exact) mass is 368 g/mol. The molecule has 144 valence electrons. The Balaban J connectivity index is 2.18. The molecule has 0 aromatic heterocycles. The first-order valence-electron chi connectivity index (χ1n) is 9.64. The molecule has 2 aliphatic carbocycles. The van der Waals surface area contributed by atoms with E-state index >= 15 is 0 Å². The van der Waals surface area contributed by atoms with Crippen molar-refractivity contribution in [3.8, 4) is 0 Å². The van der Waals surface area contributed by atoms with E-state index < -0.39 is 14.6 Å². The Kier molecular flexibility index (Phi) is 5.83. The van der Waals surface area contributed by atoms with Gasteiger partial charge in [-0.3, -0.25) is 0 Å². The highest BCUT2D eigenvalue weighted by Crippen LogP contribution is 2.56. The summed E-state index contributed by atoms with van der Waals surface area (Å²) in [5, 5.41) is 0.115. The summed E-state index contributed by atoms with van der Waals surface area (Å²) in [6, 6.07) is 0. The van der Waals surface area contributed by atoms with Crippen LogP contribution >= 0.6 is 0 Å². The molecule has 0 N–H and O–H groups in total. The number of methoxy groups -OCH3 is 1. The zero-order chi connectivity index (χ0) is 19.0. The summed E-state index contributed by atoms with van der Waals surface area (Å²) in [6.07, 6.45) is 10.0. The Hall–Kier alpha value is -0.770. The van der Waals surface area contributed by atoms with Crippen molar-refractivity contribution in [1.29, 1.82) is 0 Å². The molecule has 0 unspecified atom stereocenters. The predicted octanol–water partition coefficient (Wildman–Crippen LogP) is 5.49. The lowest BCUT2D eigenvalue weighted by Gasteiger charge is -2.44. The molecule has 0 spiro atoms. The molecule has 0 saturated heterocycles. The van der Waals surface area contributed by atoms with Gasteiger partial charge in [0.25, 0.3) is 0 Å². The molecule has 1 saturated carbocycles. The molecule has 4 heteroatoms. The van der Waals surface area contributed by atoms with Crippen LogP contribution in [0.2, 0.25) is 0 Å². The van der Waals surface area contributed by atoms with E-state index in [4.69, 9.17) is 4.74 Å². The Morgan fingerprint density at radius 3 is 2.64 bits per heavy atom. The third kappa shape index (κ3) is 3.70. The van der Waals surface area contributed by atoms with Crippen LogP contribution in [0.15, 0.2) is 22.8 Å². The highest BCUT2D eigenvalue weighted by molar-refractivity contribution is 7.96. The molecule has 0 aromatic carbocycles. The minimum absolute atomic E-state index is 0.115. The number of ether oxygens (including phenoxy) is 1. The van der Waals surface area contributed by atoms with E-state index in [1.807, 2.05) is 0 Å². The van der Waals surface area contributed by atoms with Crippen LogP contribution < -0.4 is 0 Å². The molecule has 0 radical (unpaired) electrons. The second kappa shape index (κ2) is 7.09. The standard InChI is InChI=1S/C21H36O3S/c1-15-9-8-14-21(6)17(15)11-12-18(21)16(2)10-13-19(24-7)25(22,23)20(3,4)5/h12-13,15-17H,8-11,14H2,1-7H3/b19-13-/t15-,16+,17-,21-/m0/s1. The molecule has 2 aliphatic rings. The first kappa shape index (κ1) is 20.5. The van der Waals surface area contributed by atoms with E-state index in [0.29, 0.717) is 17.8 Å². The van der Waals surface area contributed by atoms with E-state index in [1.165, 1.54) is 38.4 Å². The predicted molar refractivity (Wildman–Crippen MR) is 105 cm³/mol. The average molecular weight is 369 g/mol. The van der Waals surface area contributed by atoms with Gasteiger partial charge in [0, 0.05) is 0 Å². The fourth-order valence-corrected chi connectivity index (χ4v) is 6.05. The third-order valence-electron chi connectivity index (χ3n) is 6.55. The van der Waals surface area contributed by atoms with Crippen molar-refractivity contribution < 1.29 is 13.2 Å². The van der Waals surface area contributed by atoms with Crippen LogP contribution in [-0.4, -0.2) is 20.3 Å². The summed E-state index contributed by atoms with van der Waals surface area (Å²) in [6.45, 7) is 12.2. The number of allylic oxidation sites excluding steroid dienone is 3. The Morgan fingerprint density at radius 1 is 1.44 bits per heavy atom. The highest BCUT2D eigenvalue weighted by Gasteiger charge is 2.46. The first-order chi connectivity index (χ1) is 11.4. The molecule has 0 bridgehead atoms. The van der Waals surface area contributed by atoms with Crippen LogP contribution in [0.4, 0.5) is 0 Å². The van der Waals surface area contributed by atoms with Gasteiger partial charge >= 0.3 is 0 Å². The summed E-state index contributed by atoms with van der Waals surface area (Å²) in [5.41, 5.74) is 1.82. The Morgan fingerprint density at radius 2 is 2.08 bits per heavy atom. The zero-order valence-electron chi connectivity index (χ0n) is 17.1. The summed E-state index contributed by atoms with van der Waals surface area (Å²) in [5.74, 6) is 1.88. The van der Waals surface area contributed by atoms with E-state index in [9.17, 15) is 8.42 Å². The van der Waals surface area contributed by atoms with Gasteiger partial charge in [-0.05, 0) is 69.3 Å². The van der Waals surface area contributed by atoms with Crippen LogP contribution in [0, 0.1) is 23.2 Å². The van der Waals surface area contributed by atoms with Crippen molar-refractivity contribution in [2.24, 2.45) is 23.2 Å². The smallest absolute Gasteiger partial charge is 0.215 e. The second-order valence-corrected chi connectivity index (χ2v) is 11.9. The molecule has 1 fully saturated rings. The van der Waals surface area contributed by atoms with Crippen molar-refractivity contribution in [1.82, 2.24) is 0 Å². The van der Waals surface area contributed by atoms with Crippen LogP contribution in [-0.2, 0) is 14.6 Å². The summed E-state index contributed by atoms with van der Waals surface area (Å²) < 4.78 is 29.7. The van der Waals surface area contributed by atoms with Crippen LogP contribution in [0.5, 0.6) is 0 Å². The molecule has 0 heterocycles. The highest BCUT2D eigenvalue weighted by atomic mass is 32.2. The molecule has 0 aromatic rings. The van der Waals surface area contributed by atoms with Gasteiger partial charge in [-0.25, -0.2) is 8.42 Å². The number of rotatable bonds is 5. The van der Waals surface area contributed by atoms with Crippen molar-refractivity contribution >= 4 is 9.84 Å². The quantitative estimate of drug-likeness (QED) is 0.476. The zero-order valence-corrected chi connectivity index (χ0v) is 17.9. The summed E-state index contributed by atoms with van der Waals surface area (Å²) >= 11 is 0. The minimum atomic E-state index is -3.44. The fraction of sp³-hybridized carbons (Fsp3) is 0.810. The van der Waals surface area contributed by atoms with Crippen LogP contribution in [0.1, 0.15) is 73.6 Å². The number of fused-ring (bicyclic) bond motifs is 1. The number of hydrogen-bond donors (Lipinski definition) is 0. The van der Waals surface area contributed by atoms with Gasteiger partial charge in [-0.1, -0.05) is 45.3 Å². The molecular weight excluding hydrogens is 332 g/mol. The number of hydrogen-bond acceptors (Lipinski definition) is 3. The molecular formula is C21H36O3S. The van der Waals surface area contributed by atoms with E-state index in [-0.39, 0.29) is 5.09 Å². The Labute approximate surface area is 154 Å².